The van der Waals surface area contributed by atoms with Gasteiger partial charge in [-0.3, -0.25) is 0 Å². The van der Waals surface area contributed by atoms with Crippen molar-refractivity contribution in [1.29, 1.82) is 0 Å². The highest BCUT2D eigenvalue weighted by Crippen LogP contribution is 2.60. The van der Waals surface area contributed by atoms with Gasteiger partial charge in [0.15, 0.2) is 11.9 Å². The fourth-order valence-electron chi connectivity index (χ4n) is 4.65. The Morgan fingerprint density at radius 2 is 2.10 bits per heavy atom. The maximum atomic E-state index is 9.09. The average molecular weight is 298 g/mol. The molecule has 1 spiro atoms. The smallest absolute Gasteiger partial charge is 0.215 e. The molecule has 4 aliphatic heterocycles. The molecule has 4 saturated heterocycles. The van der Waals surface area contributed by atoms with E-state index in [1.54, 1.807) is 0 Å². The van der Waals surface area contributed by atoms with Crippen LogP contribution in [0.4, 0.5) is 0 Å². The molecular formula is C15H22O6. The maximum absolute atomic E-state index is 9.09. The first kappa shape index (κ1) is 14.1. The third kappa shape index (κ3) is 1.75. The lowest BCUT2D eigenvalue weighted by Crippen LogP contribution is -2.69. The van der Waals surface area contributed by atoms with Crippen LogP contribution in [0.15, 0.2) is 12.2 Å². The monoisotopic (exact) mass is 298 g/mol. The molecule has 4 heterocycles. The minimum Gasteiger partial charge on any atom is -0.315 e. The van der Waals surface area contributed by atoms with Crippen molar-refractivity contribution in [1.82, 2.24) is 0 Å². The van der Waals surface area contributed by atoms with E-state index in [0.29, 0.717) is 11.5 Å². The normalized spacial score (nSPS) is 56.0. The Kier molecular flexibility index (Phi) is 3.03. The second-order valence-electron chi connectivity index (χ2n) is 7.00. The molecule has 6 nitrogen and oxygen atoms in total. The number of hydrogen-bond acceptors (Lipinski definition) is 6. The number of ether oxygens (including phenoxy) is 2. The predicted octanol–water partition coefficient (Wildman–Crippen LogP) is 2.60. The summed E-state index contributed by atoms with van der Waals surface area (Å²) in [6.07, 6.45) is 2.23. The van der Waals surface area contributed by atoms with Crippen molar-refractivity contribution >= 4 is 0 Å². The van der Waals surface area contributed by atoms with Crippen molar-refractivity contribution in [3.05, 3.63) is 12.2 Å². The predicted molar refractivity (Wildman–Crippen MR) is 70.5 cm³/mol. The number of fused-ring (bicyclic) bond motifs is 2. The highest BCUT2D eigenvalue weighted by atomic mass is 17.3. The van der Waals surface area contributed by atoms with Gasteiger partial charge in [0.05, 0.1) is 0 Å². The highest BCUT2D eigenvalue weighted by Gasteiger charge is 2.69. The molecule has 2 bridgehead atoms. The molecule has 0 radical (unpaired) electrons. The summed E-state index contributed by atoms with van der Waals surface area (Å²) in [5.41, 5.74) is 0.0168. The molecule has 0 amide bonds. The van der Waals surface area contributed by atoms with Crippen LogP contribution in [0.5, 0.6) is 0 Å². The standard InChI is InChI=1S/C15H22O6/c1-8-4-5-11-9(2)12(19-16)17-13-15(11)10(8)6-7-14(3,18-13)20-21-15/h8,10-13,16H,2,4-7H2,1,3H3/t8-,10+,11+,12-,13-,14-,15-/m1/s1. The summed E-state index contributed by atoms with van der Waals surface area (Å²) in [4.78, 5) is 16.0. The van der Waals surface area contributed by atoms with Crippen LogP contribution in [0.3, 0.4) is 0 Å². The third-order valence-electron chi connectivity index (χ3n) is 5.81. The lowest BCUT2D eigenvalue weighted by molar-refractivity contribution is -0.573. The molecule has 1 aliphatic carbocycles. The van der Waals surface area contributed by atoms with Gasteiger partial charge in [-0.15, -0.1) is 0 Å². The van der Waals surface area contributed by atoms with E-state index in [4.69, 9.17) is 24.5 Å². The minimum atomic E-state index is -0.869. The Hall–Kier alpha value is -0.500. The summed E-state index contributed by atoms with van der Waals surface area (Å²) in [7, 11) is 0. The van der Waals surface area contributed by atoms with E-state index in [0.717, 1.165) is 25.7 Å². The Morgan fingerprint density at radius 3 is 2.86 bits per heavy atom. The molecule has 0 aromatic heterocycles. The first-order valence-corrected chi connectivity index (χ1v) is 7.69. The van der Waals surface area contributed by atoms with Gasteiger partial charge < -0.3 is 9.47 Å². The highest BCUT2D eigenvalue weighted by molar-refractivity contribution is 5.21. The molecule has 118 valence electrons. The molecule has 5 aliphatic rings. The molecule has 5 rings (SSSR count). The van der Waals surface area contributed by atoms with Gasteiger partial charge in [-0.05, 0) is 43.6 Å². The van der Waals surface area contributed by atoms with E-state index in [9.17, 15) is 0 Å². The molecule has 21 heavy (non-hydrogen) atoms. The van der Waals surface area contributed by atoms with Crippen LogP contribution in [0.1, 0.15) is 39.5 Å². The van der Waals surface area contributed by atoms with E-state index in [2.05, 4.69) is 18.4 Å². The second kappa shape index (κ2) is 4.50. The zero-order valence-electron chi connectivity index (χ0n) is 12.4. The molecule has 0 unspecified atom stereocenters. The molecule has 7 atom stereocenters. The van der Waals surface area contributed by atoms with Gasteiger partial charge >= 0.3 is 0 Å². The Morgan fingerprint density at radius 1 is 1.29 bits per heavy atom. The molecule has 6 heteroatoms. The molecule has 1 N–H and O–H groups in total. The SMILES string of the molecule is C=C1[C@@H](OO)O[C@@H]2O[C@@]3(C)CC[C@H]4[C@H](C)CC[C@@H]1[C@@]24OO3. The second-order valence-corrected chi connectivity index (χ2v) is 7.00. The van der Waals surface area contributed by atoms with Crippen LogP contribution in [0, 0.1) is 17.8 Å². The van der Waals surface area contributed by atoms with Gasteiger partial charge in [0.1, 0.15) is 0 Å². The van der Waals surface area contributed by atoms with Gasteiger partial charge in [-0.2, -0.15) is 0 Å². The molecule has 5 fully saturated rings. The number of hydrogen-bond donors (Lipinski definition) is 1. The van der Waals surface area contributed by atoms with Gasteiger partial charge in [0.25, 0.3) is 0 Å². The number of rotatable bonds is 1. The van der Waals surface area contributed by atoms with Crippen LogP contribution in [0.2, 0.25) is 0 Å². The van der Waals surface area contributed by atoms with Crippen LogP contribution in [0.25, 0.3) is 0 Å². The summed E-state index contributed by atoms with van der Waals surface area (Å²) >= 11 is 0. The van der Waals surface area contributed by atoms with Gasteiger partial charge in [-0.25, -0.2) is 19.9 Å². The van der Waals surface area contributed by atoms with Gasteiger partial charge in [0, 0.05) is 12.3 Å². The van der Waals surface area contributed by atoms with Crippen molar-refractivity contribution in [3.8, 4) is 0 Å². The summed E-state index contributed by atoms with van der Waals surface area (Å²) in [6, 6.07) is 0. The van der Waals surface area contributed by atoms with Crippen molar-refractivity contribution in [2.24, 2.45) is 17.8 Å². The first-order valence-electron chi connectivity index (χ1n) is 7.69. The fraction of sp³-hybridized carbons (Fsp3) is 0.867. The van der Waals surface area contributed by atoms with Crippen LogP contribution in [-0.4, -0.2) is 29.2 Å². The summed E-state index contributed by atoms with van der Waals surface area (Å²) in [5.74, 6) is -0.0328. The van der Waals surface area contributed by atoms with E-state index in [1.807, 2.05) is 6.92 Å². The molecule has 0 aromatic carbocycles. The summed E-state index contributed by atoms with van der Waals surface area (Å²) in [5, 5.41) is 9.09. The van der Waals surface area contributed by atoms with Crippen LogP contribution >= 0.6 is 0 Å². The summed E-state index contributed by atoms with van der Waals surface area (Å²) in [6.45, 7) is 8.16. The topological polar surface area (TPSA) is 66.4 Å². The Balaban J connectivity index is 1.81. The van der Waals surface area contributed by atoms with E-state index < -0.39 is 24.0 Å². The zero-order chi connectivity index (χ0) is 14.8. The van der Waals surface area contributed by atoms with Crippen LogP contribution < -0.4 is 0 Å². The minimum absolute atomic E-state index is 0.00255. The van der Waals surface area contributed by atoms with Crippen molar-refractivity contribution in [2.45, 2.75) is 63.5 Å². The fourth-order valence-corrected chi connectivity index (χ4v) is 4.65. The van der Waals surface area contributed by atoms with Crippen molar-refractivity contribution in [3.63, 3.8) is 0 Å². The van der Waals surface area contributed by atoms with Gasteiger partial charge in [-0.1, -0.05) is 13.5 Å². The van der Waals surface area contributed by atoms with E-state index in [1.165, 1.54) is 0 Å². The third-order valence-corrected chi connectivity index (χ3v) is 5.81. The van der Waals surface area contributed by atoms with E-state index >= 15 is 0 Å². The Bertz CT molecular complexity index is 467. The maximum Gasteiger partial charge on any atom is 0.215 e. The van der Waals surface area contributed by atoms with Crippen LogP contribution in [-0.2, 0) is 24.1 Å². The largest absolute Gasteiger partial charge is 0.315 e. The van der Waals surface area contributed by atoms with Gasteiger partial charge in [0.2, 0.25) is 12.1 Å². The lowest BCUT2D eigenvalue weighted by Gasteiger charge is -2.58. The summed E-state index contributed by atoms with van der Waals surface area (Å²) < 4.78 is 11.9. The molecule has 0 aromatic rings. The van der Waals surface area contributed by atoms with Crippen molar-refractivity contribution in [2.75, 3.05) is 0 Å². The average Bonchev–Trinajstić information content (AvgIpc) is 2.69. The Labute approximate surface area is 123 Å². The molecule has 1 saturated carbocycles. The zero-order valence-corrected chi connectivity index (χ0v) is 12.4. The van der Waals surface area contributed by atoms with Crippen molar-refractivity contribution < 1.29 is 29.4 Å². The molecular weight excluding hydrogens is 276 g/mol. The van der Waals surface area contributed by atoms with E-state index in [-0.39, 0.29) is 11.8 Å². The first-order chi connectivity index (χ1) is 10.00. The lowest BCUT2D eigenvalue weighted by atomic mass is 9.59. The quantitative estimate of drug-likeness (QED) is 0.456.